The van der Waals surface area contributed by atoms with Gasteiger partial charge >= 0.3 is 5.97 Å². The van der Waals surface area contributed by atoms with Crippen LogP contribution in [0.25, 0.3) is 0 Å². The molecule has 1 aliphatic carbocycles. The maximum Gasteiger partial charge on any atom is 0.314 e. The van der Waals surface area contributed by atoms with Crippen molar-refractivity contribution in [1.29, 1.82) is 0 Å². The van der Waals surface area contributed by atoms with E-state index in [4.69, 9.17) is 4.74 Å². The zero-order valence-electron chi connectivity index (χ0n) is 13.2. The lowest BCUT2D eigenvalue weighted by molar-refractivity contribution is -0.142. The molecule has 1 atom stereocenters. The second-order valence-electron chi connectivity index (χ2n) is 6.02. The van der Waals surface area contributed by atoms with Gasteiger partial charge in [-0.3, -0.25) is 4.79 Å². The predicted octanol–water partition coefficient (Wildman–Crippen LogP) is 3.50. The Kier molecular flexibility index (Phi) is 6.24. The minimum atomic E-state index is -0.208. The van der Waals surface area contributed by atoms with Crippen LogP contribution in [0.2, 0.25) is 0 Å². The van der Waals surface area contributed by atoms with Crippen molar-refractivity contribution in [3.05, 3.63) is 35.9 Å². The van der Waals surface area contributed by atoms with Crippen molar-refractivity contribution in [2.24, 2.45) is 5.92 Å². The third-order valence-electron chi connectivity index (χ3n) is 4.72. The fraction of sp³-hybridized carbons (Fsp3) is 0.611. The van der Waals surface area contributed by atoms with Gasteiger partial charge in [0.1, 0.15) is 0 Å². The normalized spacial score (nSPS) is 23.5. The molecule has 0 aromatic heterocycles. The molecule has 1 fully saturated rings. The molecule has 0 saturated heterocycles. The Morgan fingerprint density at radius 3 is 2.48 bits per heavy atom. The van der Waals surface area contributed by atoms with E-state index in [0.29, 0.717) is 12.6 Å². The lowest BCUT2D eigenvalue weighted by atomic mass is 9.84. The van der Waals surface area contributed by atoms with E-state index in [1.807, 2.05) is 30.3 Å². The van der Waals surface area contributed by atoms with Crippen LogP contribution in [0.5, 0.6) is 0 Å². The van der Waals surface area contributed by atoms with E-state index in [0.717, 1.165) is 11.5 Å². The summed E-state index contributed by atoms with van der Waals surface area (Å²) in [4.78, 5) is 12.0. The van der Waals surface area contributed by atoms with Crippen molar-refractivity contribution in [1.82, 2.24) is 5.32 Å². The van der Waals surface area contributed by atoms with E-state index < -0.39 is 0 Å². The first-order valence-corrected chi connectivity index (χ1v) is 8.10. The highest BCUT2D eigenvalue weighted by Gasteiger charge is 2.24. The molecule has 2 rings (SSSR count). The van der Waals surface area contributed by atoms with Gasteiger partial charge in [-0.1, -0.05) is 43.7 Å². The van der Waals surface area contributed by atoms with Gasteiger partial charge in [-0.05, 0) is 37.2 Å². The van der Waals surface area contributed by atoms with Crippen molar-refractivity contribution >= 4 is 5.97 Å². The summed E-state index contributed by atoms with van der Waals surface area (Å²) in [5, 5.41) is 3.58. The minimum Gasteiger partial charge on any atom is -0.469 e. The quantitative estimate of drug-likeness (QED) is 0.815. The Labute approximate surface area is 128 Å². The second kappa shape index (κ2) is 8.18. The van der Waals surface area contributed by atoms with Gasteiger partial charge in [0.15, 0.2) is 0 Å². The molecule has 1 aromatic carbocycles. The maximum absolute atomic E-state index is 12.0. The Bertz CT molecular complexity index is 424. The van der Waals surface area contributed by atoms with Crippen molar-refractivity contribution in [3.8, 4) is 0 Å². The highest BCUT2D eigenvalue weighted by molar-refractivity contribution is 5.78. The number of benzene rings is 1. The summed E-state index contributed by atoms with van der Waals surface area (Å²) in [6, 6.07) is 10.4. The molecule has 0 spiro atoms. The van der Waals surface area contributed by atoms with Crippen LogP contribution >= 0.6 is 0 Å². The van der Waals surface area contributed by atoms with Crippen LogP contribution in [0.4, 0.5) is 0 Å². The number of nitrogens with one attached hydrogen (secondary N) is 1. The van der Waals surface area contributed by atoms with Gasteiger partial charge in [0.2, 0.25) is 0 Å². The number of methoxy groups -OCH3 is 1. The van der Waals surface area contributed by atoms with E-state index in [-0.39, 0.29) is 11.9 Å². The molecule has 116 valence electrons. The SMILES string of the molecule is CCC1CCC(NCC(C(=O)OC)c2ccccc2)CC1. The van der Waals surface area contributed by atoms with Crippen molar-refractivity contribution in [3.63, 3.8) is 0 Å². The van der Waals surface area contributed by atoms with Crippen LogP contribution in [-0.2, 0) is 9.53 Å². The van der Waals surface area contributed by atoms with Crippen LogP contribution in [-0.4, -0.2) is 25.7 Å². The summed E-state index contributed by atoms with van der Waals surface area (Å²) in [5.74, 6) is 0.532. The molecular weight excluding hydrogens is 262 g/mol. The summed E-state index contributed by atoms with van der Waals surface area (Å²) in [6.45, 7) is 2.94. The summed E-state index contributed by atoms with van der Waals surface area (Å²) in [6.07, 6.45) is 6.36. The second-order valence-corrected chi connectivity index (χ2v) is 6.02. The molecule has 0 heterocycles. The fourth-order valence-corrected chi connectivity index (χ4v) is 3.22. The average Bonchev–Trinajstić information content (AvgIpc) is 2.56. The molecule has 3 nitrogen and oxygen atoms in total. The lowest BCUT2D eigenvalue weighted by Gasteiger charge is -2.29. The summed E-state index contributed by atoms with van der Waals surface area (Å²) >= 11 is 0. The fourth-order valence-electron chi connectivity index (χ4n) is 3.22. The molecule has 1 aromatic rings. The molecule has 0 aliphatic heterocycles. The van der Waals surface area contributed by atoms with E-state index in [1.54, 1.807) is 0 Å². The Morgan fingerprint density at radius 1 is 1.24 bits per heavy atom. The molecule has 21 heavy (non-hydrogen) atoms. The van der Waals surface area contributed by atoms with Crippen LogP contribution < -0.4 is 5.32 Å². The van der Waals surface area contributed by atoms with E-state index in [9.17, 15) is 4.79 Å². The van der Waals surface area contributed by atoms with Crippen LogP contribution in [0.3, 0.4) is 0 Å². The maximum atomic E-state index is 12.0. The largest absolute Gasteiger partial charge is 0.469 e. The van der Waals surface area contributed by atoms with E-state index in [1.165, 1.54) is 39.2 Å². The topological polar surface area (TPSA) is 38.3 Å². The molecule has 0 amide bonds. The van der Waals surface area contributed by atoms with Crippen LogP contribution in [0.1, 0.15) is 50.5 Å². The number of hydrogen-bond acceptors (Lipinski definition) is 3. The van der Waals surface area contributed by atoms with Gasteiger partial charge < -0.3 is 10.1 Å². The summed E-state index contributed by atoms with van der Waals surface area (Å²) in [5.41, 5.74) is 1.03. The number of hydrogen-bond donors (Lipinski definition) is 1. The smallest absolute Gasteiger partial charge is 0.314 e. The van der Waals surface area contributed by atoms with Gasteiger partial charge in [0.25, 0.3) is 0 Å². The number of esters is 1. The summed E-state index contributed by atoms with van der Waals surface area (Å²) < 4.78 is 4.96. The third kappa shape index (κ3) is 4.57. The van der Waals surface area contributed by atoms with Crippen molar-refractivity contribution in [2.75, 3.05) is 13.7 Å². The van der Waals surface area contributed by atoms with Crippen molar-refractivity contribution in [2.45, 2.75) is 51.0 Å². The van der Waals surface area contributed by atoms with Gasteiger partial charge in [-0.25, -0.2) is 0 Å². The molecule has 1 saturated carbocycles. The molecule has 1 aliphatic rings. The number of rotatable bonds is 6. The zero-order valence-corrected chi connectivity index (χ0v) is 13.2. The molecule has 1 unspecified atom stereocenters. The third-order valence-corrected chi connectivity index (χ3v) is 4.72. The molecule has 0 radical (unpaired) electrons. The monoisotopic (exact) mass is 289 g/mol. The van der Waals surface area contributed by atoms with Gasteiger partial charge in [0, 0.05) is 12.6 Å². The number of ether oxygens (including phenoxy) is 1. The first-order chi connectivity index (χ1) is 10.2. The Balaban J connectivity index is 1.90. The van der Waals surface area contributed by atoms with Crippen LogP contribution in [0, 0.1) is 5.92 Å². The van der Waals surface area contributed by atoms with E-state index in [2.05, 4.69) is 12.2 Å². The summed E-state index contributed by atoms with van der Waals surface area (Å²) in [7, 11) is 1.46. The number of carbonyl (C=O) groups is 1. The van der Waals surface area contributed by atoms with Crippen LogP contribution in [0.15, 0.2) is 30.3 Å². The molecule has 0 bridgehead atoms. The Hall–Kier alpha value is -1.35. The van der Waals surface area contributed by atoms with Gasteiger partial charge in [0.05, 0.1) is 13.0 Å². The Morgan fingerprint density at radius 2 is 1.90 bits per heavy atom. The zero-order chi connectivity index (χ0) is 15.1. The predicted molar refractivity (Wildman–Crippen MR) is 85.2 cm³/mol. The van der Waals surface area contributed by atoms with Gasteiger partial charge in [-0.2, -0.15) is 0 Å². The molecule has 1 N–H and O–H groups in total. The molecule has 3 heteroatoms. The minimum absolute atomic E-state index is 0.157. The van der Waals surface area contributed by atoms with Crippen molar-refractivity contribution < 1.29 is 9.53 Å². The van der Waals surface area contributed by atoms with E-state index >= 15 is 0 Å². The highest BCUT2D eigenvalue weighted by Crippen LogP contribution is 2.27. The van der Waals surface area contributed by atoms with Gasteiger partial charge in [-0.15, -0.1) is 0 Å². The standard InChI is InChI=1S/C18H27NO2/c1-3-14-9-11-16(12-10-14)19-13-17(18(20)21-2)15-7-5-4-6-8-15/h4-8,14,16-17,19H,3,9-13H2,1-2H3. The lowest BCUT2D eigenvalue weighted by Crippen LogP contribution is -2.37. The first kappa shape index (κ1) is 16.0. The first-order valence-electron chi connectivity index (χ1n) is 8.10. The average molecular weight is 289 g/mol. The number of carbonyl (C=O) groups excluding carboxylic acids is 1. The molecular formula is C18H27NO2. The highest BCUT2D eigenvalue weighted by atomic mass is 16.5.